The van der Waals surface area contributed by atoms with Gasteiger partial charge in [-0.1, -0.05) is 60.7 Å². The number of rotatable bonds is 6. The van der Waals surface area contributed by atoms with Crippen LogP contribution in [0.15, 0.2) is 97.5 Å². The largest absolute Gasteiger partial charge is 0.484 e. The zero-order valence-corrected chi connectivity index (χ0v) is 21.3. The third kappa shape index (κ3) is 4.70. The Morgan fingerprint density at radius 1 is 0.868 bits per heavy atom. The molecule has 0 aliphatic carbocycles. The predicted octanol–water partition coefficient (Wildman–Crippen LogP) is 5.12. The number of piperazine rings is 1. The number of benzene rings is 3. The Labute approximate surface area is 221 Å². The summed E-state index contributed by atoms with van der Waals surface area (Å²) in [5.41, 5.74) is 5.23. The summed E-state index contributed by atoms with van der Waals surface area (Å²) in [6.45, 7) is 4.65. The van der Waals surface area contributed by atoms with Crippen LogP contribution in [0.3, 0.4) is 0 Å². The molecule has 0 bridgehead atoms. The second-order valence-corrected chi connectivity index (χ2v) is 9.48. The first kappa shape index (κ1) is 23.7. The smallest absolute Gasteiger partial charge is 0.260 e. The van der Waals surface area contributed by atoms with Crippen LogP contribution in [0.25, 0.3) is 27.8 Å². The fourth-order valence-corrected chi connectivity index (χ4v) is 5.02. The van der Waals surface area contributed by atoms with Gasteiger partial charge in [-0.3, -0.25) is 4.79 Å². The highest BCUT2D eigenvalue weighted by molar-refractivity contribution is 6.02. The van der Waals surface area contributed by atoms with Gasteiger partial charge in [-0.15, -0.1) is 0 Å². The number of nitrogens with zero attached hydrogens (tertiary/aromatic N) is 5. The first-order valence-electron chi connectivity index (χ1n) is 12.9. The molecule has 1 aliphatic rings. The Hall–Kier alpha value is -4.65. The lowest BCUT2D eigenvalue weighted by Gasteiger charge is -2.35. The number of hydrogen-bond acceptors (Lipinski definition) is 5. The van der Waals surface area contributed by atoms with Gasteiger partial charge in [0.05, 0.1) is 5.39 Å². The highest BCUT2D eigenvalue weighted by atomic mass is 16.5. The summed E-state index contributed by atoms with van der Waals surface area (Å²) in [4.78, 5) is 26.5. The van der Waals surface area contributed by atoms with Crippen molar-refractivity contribution < 1.29 is 9.53 Å². The maximum atomic E-state index is 12.9. The first-order chi connectivity index (χ1) is 18.7. The zero-order valence-electron chi connectivity index (χ0n) is 21.3. The van der Waals surface area contributed by atoms with Crippen molar-refractivity contribution in [3.63, 3.8) is 0 Å². The molecule has 1 fully saturated rings. The summed E-state index contributed by atoms with van der Waals surface area (Å²) in [5.74, 6) is 1.61. The van der Waals surface area contributed by atoms with E-state index in [-0.39, 0.29) is 12.5 Å². The van der Waals surface area contributed by atoms with Gasteiger partial charge >= 0.3 is 0 Å². The third-order valence-electron chi connectivity index (χ3n) is 6.97. The molecule has 0 N–H and O–H groups in total. The summed E-state index contributed by atoms with van der Waals surface area (Å²) in [6, 6.07) is 28.4. The molecule has 6 rings (SSSR count). The number of ether oxygens (including phenoxy) is 1. The number of amides is 1. The lowest BCUT2D eigenvalue weighted by atomic mass is 10.1. The molecule has 7 nitrogen and oxygen atoms in total. The van der Waals surface area contributed by atoms with Crippen LogP contribution in [-0.2, 0) is 4.79 Å². The van der Waals surface area contributed by atoms with Gasteiger partial charge in [0.2, 0.25) is 0 Å². The predicted molar refractivity (Wildman–Crippen MR) is 150 cm³/mol. The molecule has 190 valence electrons. The van der Waals surface area contributed by atoms with Crippen molar-refractivity contribution in [2.45, 2.75) is 6.92 Å². The summed E-state index contributed by atoms with van der Waals surface area (Å²) in [6.07, 6.45) is 3.79. The number of aromatic nitrogens is 3. The first-order valence-corrected chi connectivity index (χ1v) is 12.9. The molecule has 3 aromatic carbocycles. The van der Waals surface area contributed by atoms with Crippen molar-refractivity contribution >= 4 is 22.8 Å². The SMILES string of the molecule is Cc1cccc(OCC(=O)N2CCN(c3ncnc4c3c(-c3ccccc3)cn4-c3ccccc3)CC2)c1. The maximum absolute atomic E-state index is 12.9. The van der Waals surface area contributed by atoms with E-state index >= 15 is 0 Å². The standard InChI is InChI=1S/C31H29N5O2/c1-23-9-8-14-26(19-23)38-21-28(37)34-15-17-35(18-16-34)30-29-27(24-10-4-2-5-11-24)20-36(31(29)33-22-32-30)25-12-6-3-7-13-25/h2-14,19-20,22H,15-18,21H2,1H3. The highest BCUT2D eigenvalue weighted by Crippen LogP contribution is 2.37. The molecular weight excluding hydrogens is 474 g/mol. The molecule has 0 saturated carbocycles. The average Bonchev–Trinajstić information content (AvgIpc) is 3.37. The van der Waals surface area contributed by atoms with Gasteiger partial charge in [0.1, 0.15) is 17.9 Å². The average molecular weight is 504 g/mol. The van der Waals surface area contributed by atoms with Crippen molar-refractivity contribution in [3.05, 3.63) is 103 Å². The molecule has 0 atom stereocenters. The Morgan fingerprint density at radius 3 is 2.34 bits per heavy atom. The van der Waals surface area contributed by atoms with Crippen LogP contribution in [0.4, 0.5) is 5.82 Å². The number of aryl methyl sites for hydroxylation is 1. The van der Waals surface area contributed by atoms with Crippen LogP contribution >= 0.6 is 0 Å². The Balaban J connectivity index is 1.26. The van der Waals surface area contributed by atoms with Gasteiger partial charge in [-0.25, -0.2) is 9.97 Å². The fraction of sp³-hybridized carbons (Fsp3) is 0.194. The van der Waals surface area contributed by atoms with Gasteiger partial charge in [-0.05, 0) is 42.3 Å². The van der Waals surface area contributed by atoms with Crippen LogP contribution in [0.2, 0.25) is 0 Å². The lowest BCUT2D eigenvalue weighted by Crippen LogP contribution is -2.50. The minimum Gasteiger partial charge on any atom is -0.484 e. The van der Waals surface area contributed by atoms with E-state index in [2.05, 4.69) is 39.9 Å². The summed E-state index contributed by atoms with van der Waals surface area (Å²) >= 11 is 0. The van der Waals surface area contributed by atoms with Gasteiger partial charge < -0.3 is 19.1 Å². The van der Waals surface area contributed by atoms with E-state index in [9.17, 15) is 4.79 Å². The van der Waals surface area contributed by atoms with Crippen LogP contribution in [0, 0.1) is 6.92 Å². The molecule has 1 saturated heterocycles. The summed E-state index contributed by atoms with van der Waals surface area (Å²) < 4.78 is 7.88. The van der Waals surface area contributed by atoms with Crippen LogP contribution in [0.1, 0.15) is 5.56 Å². The lowest BCUT2D eigenvalue weighted by molar-refractivity contribution is -0.133. The van der Waals surface area contributed by atoms with E-state index in [0.717, 1.165) is 45.0 Å². The Kier molecular flexibility index (Phi) is 6.48. The zero-order chi connectivity index (χ0) is 25.9. The van der Waals surface area contributed by atoms with Gasteiger partial charge in [0.25, 0.3) is 5.91 Å². The monoisotopic (exact) mass is 503 g/mol. The Morgan fingerprint density at radius 2 is 1.61 bits per heavy atom. The normalized spacial score (nSPS) is 13.6. The quantitative estimate of drug-likeness (QED) is 0.322. The second kappa shape index (κ2) is 10.4. The molecule has 0 spiro atoms. The van der Waals surface area contributed by atoms with Crippen molar-refractivity contribution in [3.8, 4) is 22.6 Å². The highest BCUT2D eigenvalue weighted by Gasteiger charge is 2.26. The van der Waals surface area contributed by atoms with E-state index < -0.39 is 0 Å². The second-order valence-electron chi connectivity index (χ2n) is 9.48. The molecule has 38 heavy (non-hydrogen) atoms. The van der Waals surface area contributed by atoms with Gasteiger partial charge in [-0.2, -0.15) is 0 Å². The van der Waals surface area contributed by atoms with E-state index in [4.69, 9.17) is 14.7 Å². The summed E-state index contributed by atoms with van der Waals surface area (Å²) in [5, 5.41) is 1.02. The fourth-order valence-electron chi connectivity index (χ4n) is 5.02. The number of carbonyl (C=O) groups excluding carboxylic acids is 1. The number of para-hydroxylation sites is 1. The van der Waals surface area contributed by atoms with Crippen molar-refractivity contribution in [1.82, 2.24) is 19.4 Å². The maximum Gasteiger partial charge on any atom is 0.260 e. The number of anilines is 1. The minimum absolute atomic E-state index is 0.000745. The molecule has 3 heterocycles. The number of fused-ring (bicyclic) bond motifs is 1. The molecule has 2 aromatic heterocycles. The summed E-state index contributed by atoms with van der Waals surface area (Å²) in [7, 11) is 0. The van der Waals surface area contributed by atoms with Crippen molar-refractivity contribution in [2.24, 2.45) is 0 Å². The topological polar surface area (TPSA) is 63.5 Å². The molecular formula is C31H29N5O2. The van der Waals surface area contributed by atoms with E-state index in [1.165, 1.54) is 0 Å². The Bertz CT molecular complexity index is 1560. The van der Waals surface area contributed by atoms with E-state index in [1.54, 1.807) is 6.33 Å². The van der Waals surface area contributed by atoms with E-state index in [1.807, 2.05) is 72.5 Å². The molecule has 1 amide bonds. The van der Waals surface area contributed by atoms with Crippen molar-refractivity contribution in [2.75, 3.05) is 37.7 Å². The number of carbonyl (C=O) groups is 1. The van der Waals surface area contributed by atoms with Crippen molar-refractivity contribution in [1.29, 1.82) is 0 Å². The molecule has 0 unspecified atom stereocenters. The molecule has 1 aliphatic heterocycles. The van der Waals surface area contributed by atoms with Gasteiger partial charge in [0, 0.05) is 43.6 Å². The van der Waals surface area contributed by atoms with E-state index in [0.29, 0.717) is 26.2 Å². The molecule has 0 radical (unpaired) electrons. The minimum atomic E-state index is -0.000745. The molecule has 7 heteroatoms. The van der Waals surface area contributed by atoms with Crippen LogP contribution < -0.4 is 9.64 Å². The third-order valence-corrected chi connectivity index (χ3v) is 6.97. The number of hydrogen-bond donors (Lipinski definition) is 0. The van der Waals surface area contributed by atoms with Crippen LogP contribution in [-0.4, -0.2) is 58.1 Å². The van der Waals surface area contributed by atoms with Gasteiger partial charge in [0.15, 0.2) is 12.3 Å². The molecule has 5 aromatic rings. The van der Waals surface area contributed by atoms with Crippen LogP contribution in [0.5, 0.6) is 5.75 Å².